The van der Waals surface area contributed by atoms with Crippen molar-refractivity contribution in [3.05, 3.63) is 29.8 Å². The minimum absolute atomic E-state index is 0.301. The van der Waals surface area contributed by atoms with Crippen LogP contribution in [-0.2, 0) is 4.79 Å². The van der Waals surface area contributed by atoms with Crippen molar-refractivity contribution in [1.82, 2.24) is 4.90 Å². The standard InChI is InChI=1S/C22H30N2OS/c1-15(2)19-6-3-4-7-20(19)23-22-24(10-5-11-26-22)21(25)14-18-13-16-8-9-17(18)12-16/h3-4,6-7,15-18H,5,8-14H2,1-2H3/t16-,17+,18-/m1/s1. The number of nitrogens with zero attached hydrogens (tertiary/aromatic N) is 2. The molecular formula is C22H30N2OS. The number of para-hydroxylation sites is 1. The number of hydrogen-bond acceptors (Lipinski definition) is 3. The van der Waals surface area contributed by atoms with Crippen LogP contribution >= 0.6 is 11.8 Å². The lowest BCUT2D eigenvalue weighted by Gasteiger charge is -2.30. The molecule has 26 heavy (non-hydrogen) atoms. The molecule has 3 aliphatic rings. The molecule has 4 rings (SSSR count). The van der Waals surface area contributed by atoms with Crippen LogP contribution in [0.1, 0.15) is 63.9 Å². The molecule has 1 aromatic rings. The van der Waals surface area contributed by atoms with Gasteiger partial charge in [-0.2, -0.15) is 0 Å². The average Bonchev–Trinajstić information content (AvgIpc) is 3.25. The summed E-state index contributed by atoms with van der Waals surface area (Å²) in [5.41, 5.74) is 2.27. The number of amidine groups is 1. The van der Waals surface area contributed by atoms with E-state index in [9.17, 15) is 4.79 Å². The Kier molecular flexibility index (Phi) is 5.40. The lowest BCUT2D eigenvalue weighted by molar-refractivity contribution is -0.128. The largest absolute Gasteiger partial charge is 0.291 e. The van der Waals surface area contributed by atoms with Crippen molar-refractivity contribution in [2.75, 3.05) is 12.3 Å². The van der Waals surface area contributed by atoms with Gasteiger partial charge in [-0.3, -0.25) is 9.69 Å². The zero-order valence-corrected chi connectivity index (χ0v) is 16.8. The third-order valence-electron chi connectivity index (χ3n) is 6.39. The van der Waals surface area contributed by atoms with Crippen LogP contribution in [0.5, 0.6) is 0 Å². The normalized spacial score (nSPS) is 29.7. The number of amides is 1. The van der Waals surface area contributed by atoms with Gasteiger partial charge in [0, 0.05) is 18.7 Å². The van der Waals surface area contributed by atoms with Crippen LogP contribution in [0.25, 0.3) is 0 Å². The summed E-state index contributed by atoms with van der Waals surface area (Å²) in [5, 5.41) is 0.914. The van der Waals surface area contributed by atoms with Crippen LogP contribution in [0, 0.1) is 17.8 Å². The molecule has 3 fully saturated rings. The fraction of sp³-hybridized carbons (Fsp3) is 0.636. The smallest absolute Gasteiger partial charge is 0.228 e. The summed E-state index contributed by atoms with van der Waals surface area (Å²) in [7, 11) is 0. The predicted molar refractivity (Wildman–Crippen MR) is 110 cm³/mol. The molecule has 3 nitrogen and oxygen atoms in total. The Labute approximate surface area is 161 Å². The first-order chi connectivity index (χ1) is 12.6. The molecule has 4 heteroatoms. The molecule has 0 radical (unpaired) electrons. The van der Waals surface area contributed by atoms with E-state index in [-0.39, 0.29) is 0 Å². The first-order valence-corrected chi connectivity index (χ1v) is 11.2. The molecule has 3 atom stereocenters. The fourth-order valence-corrected chi connectivity index (χ4v) is 5.99. The van der Waals surface area contributed by atoms with Crippen molar-refractivity contribution in [3.8, 4) is 0 Å². The van der Waals surface area contributed by atoms with Gasteiger partial charge in [0.15, 0.2) is 5.17 Å². The van der Waals surface area contributed by atoms with Gasteiger partial charge >= 0.3 is 0 Å². The molecule has 2 aliphatic carbocycles. The number of carbonyl (C=O) groups is 1. The van der Waals surface area contributed by atoms with Crippen molar-refractivity contribution in [2.24, 2.45) is 22.7 Å². The highest BCUT2D eigenvalue weighted by Crippen LogP contribution is 2.49. The van der Waals surface area contributed by atoms with E-state index in [0.29, 0.717) is 17.7 Å². The first kappa shape index (κ1) is 18.1. The molecule has 0 unspecified atom stereocenters. The van der Waals surface area contributed by atoms with Gasteiger partial charge in [0.25, 0.3) is 0 Å². The van der Waals surface area contributed by atoms with Crippen LogP contribution < -0.4 is 0 Å². The van der Waals surface area contributed by atoms with Crippen molar-refractivity contribution >= 4 is 28.5 Å². The maximum Gasteiger partial charge on any atom is 0.228 e. The van der Waals surface area contributed by atoms with E-state index in [0.717, 1.165) is 47.8 Å². The van der Waals surface area contributed by atoms with Gasteiger partial charge in [0.2, 0.25) is 5.91 Å². The number of thioether (sulfide) groups is 1. The van der Waals surface area contributed by atoms with Gasteiger partial charge in [-0.05, 0) is 61.0 Å². The van der Waals surface area contributed by atoms with Gasteiger partial charge in [-0.15, -0.1) is 0 Å². The Bertz CT molecular complexity index is 699. The number of rotatable bonds is 4. The average molecular weight is 371 g/mol. The Morgan fingerprint density at radius 2 is 2.12 bits per heavy atom. The highest BCUT2D eigenvalue weighted by molar-refractivity contribution is 8.13. The molecular weight excluding hydrogens is 340 g/mol. The molecule has 0 aromatic heterocycles. The molecule has 1 aliphatic heterocycles. The van der Waals surface area contributed by atoms with Crippen LogP contribution in [0.3, 0.4) is 0 Å². The van der Waals surface area contributed by atoms with E-state index in [1.807, 2.05) is 11.0 Å². The number of carbonyl (C=O) groups excluding carboxylic acids is 1. The fourth-order valence-electron chi connectivity index (χ4n) is 5.03. The molecule has 1 heterocycles. The van der Waals surface area contributed by atoms with E-state index in [2.05, 4.69) is 32.0 Å². The van der Waals surface area contributed by atoms with Crippen LogP contribution in [0.4, 0.5) is 5.69 Å². The molecule has 140 valence electrons. The van der Waals surface area contributed by atoms with E-state index >= 15 is 0 Å². The molecule has 0 spiro atoms. The third kappa shape index (κ3) is 3.71. The number of aliphatic imine (C=N–C) groups is 1. The van der Waals surface area contributed by atoms with Crippen LogP contribution in [0.2, 0.25) is 0 Å². The maximum atomic E-state index is 13.1. The molecule has 0 N–H and O–H groups in total. The highest BCUT2D eigenvalue weighted by atomic mass is 32.2. The summed E-state index contributed by atoms with van der Waals surface area (Å²) in [4.78, 5) is 20.0. The van der Waals surface area contributed by atoms with E-state index in [1.54, 1.807) is 11.8 Å². The molecule has 2 saturated carbocycles. The second-order valence-corrected chi connectivity index (χ2v) is 9.56. The first-order valence-electron chi connectivity index (χ1n) is 10.2. The molecule has 1 aromatic carbocycles. The molecule has 1 amide bonds. The number of hydrogen-bond donors (Lipinski definition) is 0. The Morgan fingerprint density at radius 3 is 2.85 bits per heavy atom. The Hall–Kier alpha value is -1.29. The van der Waals surface area contributed by atoms with E-state index < -0.39 is 0 Å². The van der Waals surface area contributed by atoms with E-state index in [1.165, 1.54) is 31.2 Å². The lowest BCUT2D eigenvalue weighted by atomic mass is 9.86. The number of fused-ring (bicyclic) bond motifs is 2. The minimum atomic E-state index is 0.301. The summed E-state index contributed by atoms with van der Waals surface area (Å²) in [6.45, 7) is 5.23. The van der Waals surface area contributed by atoms with Crippen molar-refractivity contribution in [1.29, 1.82) is 0 Å². The summed E-state index contributed by atoms with van der Waals surface area (Å²) in [6, 6.07) is 8.35. The number of benzene rings is 1. The van der Waals surface area contributed by atoms with Gasteiger partial charge < -0.3 is 0 Å². The lowest BCUT2D eigenvalue weighted by Crippen LogP contribution is -2.40. The Balaban J connectivity index is 1.52. The minimum Gasteiger partial charge on any atom is -0.291 e. The van der Waals surface area contributed by atoms with Crippen molar-refractivity contribution < 1.29 is 4.79 Å². The highest BCUT2D eigenvalue weighted by Gasteiger charge is 2.41. The molecule has 2 bridgehead atoms. The van der Waals surface area contributed by atoms with Gasteiger partial charge in [0.05, 0.1) is 5.69 Å². The third-order valence-corrected chi connectivity index (χ3v) is 7.45. The van der Waals surface area contributed by atoms with Gasteiger partial charge in [-0.1, -0.05) is 50.2 Å². The second-order valence-electron chi connectivity index (χ2n) is 8.49. The topological polar surface area (TPSA) is 32.7 Å². The second kappa shape index (κ2) is 7.75. The summed E-state index contributed by atoms with van der Waals surface area (Å²) >= 11 is 1.74. The monoisotopic (exact) mass is 370 g/mol. The summed E-state index contributed by atoms with van der Waals surface area (Å²) < 4.78 is 0. The van der Waals surface area contributed by atoms with Crippen LogP contribution in [-0.4, -0.2) is 28.3 Å². The van der Waals surface area contributed by atoms with Crippen molar-refractivity contribution in [2.45, 2.75) is 58.3 Å². The van der Waals surface area contributed by atoms with Gasteiger partial charge in [-0.25, -0.2) is 4.99 Å². The van der Waals surface area contributed by atoms with Gasteiger partial charge in [0.1, 0.15) is 0 Å². The predicted octanol–water partition coefficient (Wildman–Crippen LogP) is 5.59. The maximum absolute atomic E-state index is 13.1. The van der Waals surface area contributed by atoms with E-state index in [4.69, 9.17) is 4.99 Å². The zero-order valence-electron chi connectivity index (χ0n) is 16.0. The summed E-state index contributed by atoms with van der Waals surface area (Å²) in [6.07, 6.45) is 7.19. The Morgan fingerprint density at radius 1 is 1.27 bits per heavy atom. The SMILES string of the molecule is CC(C)c1ccccc1N=C1SCCCN1C(=O)C[C@H]1C[C@@H]2CC[C@H]1C2. The zero-order chi connectivity index (χ0) is 18.1. The molecule has 1 saturated heterocycles. The van der Waals surface area contributed by atoms with Crippen LogP contribution in [0.15, 0.2) is 29.3 Å². The van der Waals surface area contributed by atoms with Crippen molar-refractivity contribution in [3.63, 3.8) is 0 Å². The quantitative estimate of drug-likeness (QED) is 0.692. The summed E-state index contributed by atoms with van der Waals surface area (Å²) in [5.74, 6) is 4.12.